The van der Waals surface area contributed by atoms with E-state index in [-0.39, 0.29) is 12.5 Å². The van der Waals surface area contributed by atoms with Crippen LogP contribution in [0.3, 0.4) is 0 Å². The molecule has 4 rings (SSSR count). The fraction of sp³-hybridized carbons (Fsp3) is 0.591. The van der Waals surface area contributed by atoms with Gasteiger partial charge in [-0.2, -0.15) is 0 Å². The minimum atomic E-state index is 0.167. The second kappa shape index (κ2) is 9.29. The van der Waals surface area contributed by atoms with Crippen molar-refractivity contribution < 1.29 is 9.53 Å². The molecule has 0 bridgehead atoms. The number of carbonyl (C=O) groups is 1. The van der Waals surface area contributed by atoms with Gasteiger partial charge in [-0.25, -0.2) is 4.68 Å². The Hall–Kier alpha value is -2.22. The zero-order chi connectivity index (χ0) is 21.1. The molecule has 0 radical (unpaired) electrons. The smallest absolute Gasteiger partial charge is 0.233 e. The minimum absolute atomic E-state index is 0.167. The summed E-state index contributed by atoms with van der Waals surface area (Å²) in [4.78, 5) is 14.8. The number of amides is 1. The minimum Gasteiger partial charge on any atom is -0.485 e. The Balaban J connectivity index is 1.29. The number of carbonyl (C=O) groups excluding carboxylic acids is 1. The Kier molecular flexibility index (Phi) is 6.51. The predicted octanol–water partition coefficient (Wildman–Crippen LogP) is 3.32. The van der Waals surface area contributed by atoms with E-state index in [4.69, 9.17) is 10.6 Å². The van der Waals surface area contributed by atoms with Gasteiger partial charge < -0.3 is 15.5 Å². The van der Waals surface area contributed by atoms with E-state index in [1.54, 1.807) is 0 Å². The van der Waals surface area contributed by atoms with Gasteiger partial charge in [0, 0.05) is 13.1 Å². The fourth-order valence-corrected chi connectivity index (χ4v) is 5.43. The molecule has 1 aromatic heterocycles. The van der Waals surface area contributed by atoms with Crippen LogP contribution in [-0.4, -0.2) is 44.5 Å². The molecule has 2 heterocycles. The molecular weight excluding hydrogens is 398 g/mol. The number of piperidine rings is 1. The summed E-state index contributed by atoms with van der Waals surface area (Å²) in [5, 5.41) is 8.82. The van der Waals surface area contributed by atoms with Crippen molar-refractivity contribution in [3.05, 3.63) is 35.2 Å². The number of fused-ring (bicyclic) bond motifs is 1. The average Bonchev–Trinajstić information content (AvgIpc) is 3.10. The molecule has 2 N–H and O–H groups in total. The number of rotatable bonds is 6. The number of nitrogens with zero attached hydrogens (tertiary/aromatic N) is 4. The highest BCUT2D eigenvalue weighted by Crippen LogP contribution is 2.36. The number of hydrogen-bond acceptors (Lipinski definition) is 6. The lowest BCUT2D eigenvalue weighted by Gasteiger charge is -2.41. The first-order valence-corrected chi connectivity index (χ1v) is 11.8. The van der Waals surface area contributed by atoms with Gasteiger partial charge in [-0.1, -0.05) is 48.7 Å². The Bertz CT molecular complexity index is 900. The third-order valence-electron chi connectivity index (χ3n) is 6.39. The SMILES string of the molecule is Cc1ccc(OCc2nnc(SCC(=O)N3CC[C@@H]4CCCC[C@H]4C3)n2N)c(C)c1. The molecule has 2 aliphatic rings. The normalized spacial score (nSPS) is 21.3. The van der Waals surface area contributed by atoms with E-state index in [9.17, 15) is 4.79 Å². The van der Waals surface area contributed by atoms with Crippen LogP contribution in [0.25, 0.3) is 0 Å². The Morgan fingerprint density at radius 1 is 1.20 bits per heavy atom. The maximum atomic E-state index is 12.7. The van der Waals surface area contributed by atoms with Crippen molar-refractivity contribution in [2.75, 3.05) is 24.7 Å². The highest BCUT2D eigenvalue weighted by atomic mass is 32.2. The lowest BCUT2D eigenvalue weighted by Crippen LogP contribution is -2.45. The molecule has 1 amide bonds. The Morgan fingerprint density at radius 3 is 2.80 bits per heavy atom. The number of nitrogen functional groups attached to an aromatic ring is 1. The first-order valence-electron chi connectivity index (χ1n) is 10.8. The molecule has 1 aliphatic heterocycles. The number of hydrogen-bond donors (Lipinski definition) is 1. The van der Waals surface area contributed by atoms with Gasteiger partial charge in [0.2, 0.25) is 11.1 Å². The number of thioether (sulfide) groups is 1. The summed E-state index contributed by atoms with van der Waals surface area (Å²) in [7, 11) is 0. The maximum Gasteiger partial charge on any atom is 0.233 e. The molecule has 1 saturated carbocycles. The fourth-order valence-electron chi connectivity index (χ4n) is 4.65. The van der Waals surface area contributed by atoms with Crippen LogP contribution in [-0.2, 0) is 11.4 Å². The van der Waals surface area contributed by atoms with Crippen molar-refractivity contribution in [3.63, 3.8) is 0 Å². The largest absolute Gasteiger partial charge is 0.485 e. The number of aryl methyl sites for hydroxylation is 2. The molecular formula is C22H31N5O2S. The van der Waals surface area contributed by atoms with Gasteiger partial charge in [0.05, 0.1) is 5.75 Å². The summed E-state index contributed by atoms with van der Waals surface area (Å²) < 4.78 is 7.28. The number of nitrogens with two attached hydrogens (primary N) is 1. The molecule has 2 aromatic rings. The summed E-state index contributed by atoms with van der Waals surface area (Å²) in [5.41, 5.74) is 2.26. The van der Waals surface area contributed by atoms with Crippen molar-refractivity contribution in [2.45, 2.75) is 57.7 Å². The van der Waals surface area contributed by atoms with Gasteiger partial charge in [0.25, 0.3) is 0 Å². The van der Waals surface area contributed by atoms with E-state index in [1.165, 1.54) is 47.7 Å². The first kappa shape index (κ1) is 21.0. The standard InChI is InChI=1S/C22H31N5O2S/c1-15-7-8-19(16(2)11-15)29-13-20-24-25-22(27(20)23)30-14-21(28)26-10-9-17-5-3-4-6-18(17)12-26/h7-8,11,17-18H,3-6,9-10,12-14,23H2,1-2H3/t17-,18-/m0/s1. The van der Waals surface area contributed by atoms with Crippen LogP contribution < -0.4 is 10.6 Å². The highest BCUT2D eigenvalue weighted by molar-refractivity contribution is 7.99. The number of benzene rings is 1. The summed E-state index contributed by atoms with van der Waals surface area (Å²) in [6.07, 6.45) is 6.41. The predicted molar refractivity (Wildman–Crippen MR) is 118 cm³/mol. The van der Waals surface area contributed by atoms with Crippen LogP contribution in [0.2, 0.25) is 0 Å². The second-order valence-electron chi connectivity index (χ2n) is 8.55. The van der Waals surface area contributed by atoms with Crippen LogP contribution in [0.4, 0.5) is 0 Å². The summed E-state index contributed by atoms with van der Waals surface area (Å²) in [5.74, 6) is 9.50. The molecule has 0 unspecified atom stereocenters. The molecule has 7 nitrogen and oxygen atoms in total. The molecule has 8 heteroatoms. The van der Waals surface area contributed by atoms with Crippen LogP contribution in [0.5, 0.6) is 5.75 Å². The molecule has 2 atom stereocenters. The van der Waals surface area contributed by atoms with E-state index in [0.29, 0.717) is 22.7 Å². The van der Waals surface area contributed by atoms with Crippen molar-refractivity contribution in [2.24, 2.45) is 11.8 Å². The molecule has 30 heavy (non-hydrogen) atoms. The lowest BCUT2D eigenvalue weighted by atomic mass is 9.75. The molecule has 0 spiro atoms. The van der Waals surface area contributed by atoms with Crippen molar-refractivity contribution in [3.8, 4) is 5.75 Å². The zero-order valence-electron chi connectivity index (χ0n) is 17.8. The number of likely N-dealkylation sites (tertiary alicyclic amines) is 1. The molecule has 1 aromatic carbocycles. The van der Waals surface area contributed by atoms with E-state index in [2.05, 4.69) is 23.2 Å². The summed E-state index contributed by atoms with van der Waals surface area (Å²) >= 11 is 1.34. The van der Waals surface area contributed by atoms with Gasteiger partial charge in [0.15, 0.2) is 5.82 Å². The quantitative estimate of drug-likeness (QED) is 0.560. The van der Waals surface area contributed by atoms with Crippen molar-refractivity contribution in [1.29, 1.82) is 0 Å². The van der Waals surface area contributed by atoms with Crippen molar-refractivity contribution >= 4 is 17.7 Å². The molecule has 2 fully saturated rings. The molecule has 1 aliphatic carbocycles. The third kappa shape index (κ3) is 4.74. The number of aromatic nitrogens is 3. The summed E-state index contributed by atoms with van der Waals surface area (Å²) in [6, 6.07) is 6.04. The van der Waals surface area contributed by atoms with E-state index >= 15 is 0 Å². The van der Waals surface area contributed by atoms with Crippen molar-refractivity contribution in [1.82, 2.24) is 19.8 Å². The van der Waals surface area contributed by atoms with Gasteiger partial charge in [-0.05, 0) is 50.2 Å². The topological polar surface area (TPSA) is 86.3 Å². The van der Waals surface area contributed by atoms with Gasteiger partial charge >= 0.3 is 0 Å². The monoisotopic (exact) mass is 429 g/mol. The van der Waals surface area contributed by atoms with E-state index in [0.717, 1.165) is 36.7 Å². The molecule has 162 valence electrons. The molecule has 1 saturated heterocycles. The highest BCUT2D eigenvalue weighted by Gasteiger charge is 2.32. The van der Waals surface area contributed by atoms with Crippen LogP contribution in [0.15, 0.2) is 23.4 Å². The lowest BCUT2D eigenvalue weighted by molar-refractivity contribution is -0.131. The third-order valence-corrected chi connectivity index (χ3v) is 7.32. The average molecular weight is 430 g/mol. The second-order valence-corrected chi connectivity index (χ2v) is 9.49. The van der Waals surface area contributed by atoms with Crippen LogP contribution in [0, 0.1) is 25.7 Å². The maximum absolute atomic E-state index is 12.7. The Morgan fingerprint density at radius 2 is 2.00 bits per heavy atom. The van der Waals surface area contributed by atoms with Crippen LogP contribution in [0.1, 0.15) is 49.1 Å². The van der Waals surface area contributed by atoms with Crippen LogP contribution >= 0.6 is 11.8 Å². The Labute approximate surface area is 182 Å². The van der Waals surface area contributed by atoms with E-state index < -0.39 is 0 Å². The van der Waals surface area contributed by atoms with Gasteiger partial charge in [-0.15, -0.1) is 10.2 Å². The zero-order valence-corrected chi connectivity index (χ0v) is 18.7. The van der Waals surface area contributed by atoms with Gasteiger partial charge in [0.1, 0.15) is 12.4 Å². The number of ether oxygens (including phenoxy) is 1. The first-order chi connectivity index (χ1) is 14.5. The van der Waals surface area contributed by atoms with E-state index in [1.807, 2.05) is 24.0 Å². The van der Waals surface area contributed by atoms with Gasteiger partial charge in [-0.3, -0.25) is 4.79 Å². The summed E-state index contributed by atoms with van der Waals surface area (Å²) in [6.45, 7) is 6.09.